The van der Waals surface area contributed by atoms with E-state index in [4.69, 9.17) is 0 Å². The first-order valence-corrected chi connectivity index (χ1v) is 10.6. The van der Waals surface area contributed by atoms with Crippen LogP contribution >= 0.6 is 11.8 Å². The monoisotopic (exact) mass is 384 g/mol. The average Bonchev–Trinajstić information content (AvgIpc) is 2.83. The molecule has 0 aromatic heterocycles. The van der Waals surface area contributed by atoms with Crippen molar-refractivity contribution in [3.63, 3.8) is 0 Å². The van der Waals surface area contributed by atoms with Gasteiger partial charge in [-0.1, -0.05) is 12.1 Å². The van der Waals surface area contributed by atoms with Crippen LogP contribution in [0.5, 0.6) is 0 Å². The molecule has 0 unspecified atom stereocenters. The molecule has 0 bridgehead atoms. The van der Waals surface area contributed by atoms with Gasteiger partial charge in [0.25, 0.3) is 0 Å². The number of nitrogens with zero attached hydrogens (tertiary/aromatic N) is 1. The number of hydrogen-bond acceptors (Lipinski definition) is 3. The van der Waals surface area contributed by atoms with Gasteiger partial charge in [-0.15, -0.1) is 11.8 Å². The van der Waals surface area contributed by atoms with Gasteiger partial charge in [0.2, 0.25) is 0 Å². The molecule has 2 nitrogen and oxygen atoms in total. The maximum atomic E-state index is 13.9. The third kappa shape index (κ3) is 2.97. The normalized spacial score (nSPS) is 24.0. The van der Waals surface area contributed by atoms with Crippen LogP contribution in [0.2, 0.25) is 0 Å². The minimum atomic E-state index is -0.525. The van der Waals surface area contributed by atoms with Crippen LogP contribution in [0.4, 0.5) is 14.5 Å². The van der Waals surface area contributed by atoms with Gasteiger partial charge in [-0.2, -0.15) is 0 Å². The zero-order valence-electron chi connectivity index (χ0n) is 15.1. The molecule has 5 heteroatoms. The van der Waals surface area contributed by atoms with Crippen molar-refractivity contribution in [2.45, 2.75) is 29.7 Å². The highest BCUT2D eigenvalue weighted by Gasteiger charge is 2.41. The Morgan fingerprint density at radius 2 is 2.00 bits per heavy atom. The lowest BCUT2D eigenvalue weighted by atomic mass is 9.89. The van der Waals surface area contributed by atoms with E-state index in [1.54, 1.807) is 6.08 Å². The second kappa shape index (κ2) is 6.95. The van der Waals surface area contributed by atoms with E-state index in [-0.39, 0.29) is 5.56 Å². The standard InChI is InChI=1S/C22H22F2N2S/c23-18-3-1-4-19(24)15(18)6-5-14-11-16-17-13-25-8-7-20(17)26-9-2-10-27-21(12-14)22(16)26/h1,3-6,11-12,17,20,25H,2,7-10,13H2/b6-5+/t17-,20-/m0/s1. The number of nitrogens with one attached hydrogen (secondary N) is 1. The van der Waals surface area contributed by atoms with Gasteiger partial charge in [-0.05, 0) is 66.6 Å². The first-order chi connectivity index (χ1) is 13.2. The number of piperidine rings is 1. The van der Waals surface area contributed by atoms with Crippen LogP contribution in [0.1, 0.15) is 35.4 Å². The van der Waals surface area contributed by atoms with Gasteiger partial charge in [-0.25, -0.2) is 8.78 Å². The van der Waals surface area contributed by atoms with E-state index >= 15 is 0 Å². The third-order valence-corrected chi connectivity index (χ3v) is 7.02. The number of benzene rings is 2. The number of hydrogen-bond donors (Lipinski definition) is 1. The predicted octanol–water partition coefficient (Wildman–Crippen LogP) is 4.90. The van der Waals surface area contributed by atoms with Gasteiger partial charge in [0.05, 0.1) is 5.69 Å². The summed E-state index contributed by atoms with van der Waals surface area (Å²) >= 11 is 1.91. The molecule has 3 aliphatic heterocycles. The van der Waals surface area contributed by atoms with Crippen molar-refractivity contribution in [1.82, 2.24) is 5.32 Å². The van der Waals surface area contributed by atoms with Crippen molar-refractivity contribution in [2.75, 3.05) is 30.3 Å². The van der Waals surface area contributed by atoms with Crippen LogP contribution in [-0.2, 0) is 0 Å². The fraction of sp³-hybridized carbons (Fsp3) is 0.364. The first-order valence-electron chi connectivity index (χ1n) is 9.62. The third-order valence-electron chi connectivity index (χ3n) is 5.90. The Kier molecular flexibility index (Phi) is 4.44. The molecule has 0 amide bonds. The fourth-order valence-electron chi connectivity index (χ4n) is 4.69. The van der Waals surface area contributed by atoms with E-state index in [2.05, 4.69) is 22.3 Å². The van der Waals surface area contributed by atoms with E-state index in [0.29, 0.717) is 12.0 Å². The van der Waals surface area contributed by atoms with Crippen LogP contribution in [0.3, 0.4) is 0 Å². The summed E-state index contributed by atoms with van der Waals surface area (Å²) in [4.78, 5) is 3.94. The highest BCUT2D eigenvalue weighted by Crippen LogP contribution is 2.50. The van der Waals surface area contributed by atoms with Crippen LogP contribution < -0.4 is 10.2 Å². The lowest BCUT2D eigenvalue weighted by Gasteiger charge is -2.33. The lowest BCUT2D eigenvalue weighted by molar-refractivity contribution is 0.403. The molecule has 27 heavy (non-hydrogen) atoms. The minimum absolute atomic E-state index is 0.0235. The maximum Gasteiger partial charge on any atom is 0.133 e. The lowest BCUT2D eigenvalue weighted by Crippen LogP contribution is -2.44. The highest BCUT2D eigenvalue weighted by atomic mass is 32.2. The predicted molar refractivity (Wildman–Crippen MR) is 108 cm³/mol. The summed E-state index contributed by atoms with van der Waals surface area (Å²) in [7, 11) is 0. The number of fused-ring (bicyclic) bond motifs is 3. The molecule has 2 aromatic rings. The number of rotatable bonds is 2. The molecule has 2 aromatic carbocycles. The summed E-state index contributed by atoms with van der Waals surface area (Å²) in [5.74, 6) is 0.572. The molecular formula is C22H22F2N2S. The Bertz CT molecular complexity index is 891. The Balaban J connectivity index is 1.57. The summed E-state index contributed by atoms with van der Waals surface area (Å²) in [6, 6.07) is 8.98. The van der Waals surface area contributed by atoms with Crippen molar-refractivity contribution in [3.05, 3.63) is 58.7 Å². The van der Waals surface area contributed by atoms with Crippen molar-refractivity contribution >= 4 is 29.6 Å². The Morgan fingerprint density at radius 1 is 1.15 bits per heavy atom. The van der Waals surface area contributed by atoms with E-state index in [0.717, 1.165) is 31.0 Å². The SMILES string of the molecule is Fc1cccc(F)c1/C=C/c1cc2c3c(c1)[C@@H]1CNCC[C@@H]1N3CCCS2. The van der Waals surface area contributed by atoms with Crippen molar-refractivity contribution < 1.29 is 8.78 Å². The maximum absolute atomic E-state index is 13.9. The fourth-order valence-corrected chi connectivity index (χ4v) is 5.78. The Morgan fingerprint density at radius 3 is 2.85 bits per heavy atom. The van der Waals surface area contributed by atoms with Crippen LogP contribution in [0.15, 0.2) is 35.2 Å². The zero-order valence-corrected chi connectivity index (χ0v) is 15.9. The zero-order chi connectivity index (χ0) is 18.4. The van der Waals surface area contributed by atoms with Crippen molar-refractivity contribution in [1.29, 1.82) is 0 Å². The quantitative estimate of drug-likeness (QED) is 0.742. The van der Waals surface area contributed by atoms with Crippen LogP contribution in [0, 0.1) is 11.6 Å². The average molecular weight is 384 g/mol. The molecule has 3 heterocycles. The molecular weight excluding hydrogens is 362 g/mol. The van der Waals surface area contributed by atoms with Gasteiger partial charge < -0.3 is 10.2 Å². The molecule has 0 aliphatic carbocycles. The van der Waals surface area contributed by atoms with Crippen LogP contribution in [0.25, 0.3) is 12.2 Å². The van der Waals surface area contributed by atoms with Gasteiger partial charge in [0, 0.05) is 35.5 Å². The van der Waals surface area contributed by atoms with E-state index in [9.17, 15) is 8.78 Å². The molecule has 1 N–H and O–H groups in total. The minimum Gasteiger partial charge on any atom is -0.367 e. The molecule has 1 fully saturated rings. The molecule has 0 saturated carbocycles. The Labute approximate surface area is 162 Å². The summed E-state index contributed by atoms with van der Waals surface area (Å²) in [5.41, 5.74) is 3.85. The number of thioether (sulfide) groups is 1. The summed E-state index contributed by atoms with van der Waals surface area (Å²) in [5, 5.41) is 3.54. The van der Waals surface area contributed by atoms with Gasteiger partial charge in [-0.3, -0.25) is 0 Å². The molecule has 0 spiro atoms. The van der Waals surface area contributed by atoms with Gasteiger partial charge in [0.15, 0.2) is 0 Å². The first kappa shape index (κ1) is 17.3. The molecule has 1 saturated heterocycles. The molecule has 0 radical (unpaired) electrons. The second-order valence-electron chi connectivity index (χ2n) is 7.49. The number of anilines is 1. The van der Waals surface area contributed by atoms with Gasteiger partial charge >= 0.3 is 0 Å². The Hall–Kier alpha value is -1.85. The van der Waals surface area contributed by atoms with Crippen LogP contribution in [-0.4, -0.2) is 31.4 Å². The van der Waals surface area contributed by atoms with E-state index < -0.39 is 11.6 Å². The molecule has 5 rings (SSSR count). The highest BCUT2D eigenvalue weighted by molar-refractivity contribution is 7.99. The van der Waals surface area contributed by atoms with E-state index in [1.165, 1.54) is 47.2 Å². The smallest absolute Gasteiger partial charge is 0.133 e. The number of halogens is 2. The van der Waals surface area contributed by atoms with Crippen molar-refractivity contribution in [2.24, 2.45) is 0 Å². The topological polar surface area (TPSA) is 15.3 Å². The summed E-state index contributed by atoms with van der Waals surface area (Å²) in [6.45, 7) is 3.21. The summed E-state index contributed by atoms with van der Waals surface area (Å²) in [6.07, 6.45) is 5.78. The van der Waals surface area contributed by atoms with E-state index in [1.807, 2.05) is 17.8 Å². The largest absolute Gasteiger partial charge is 0.367 e. The van der Waals surface area contributed by atoms with Crippen molar-refractivity contribution in [3.8, 4) is 0 Å². The molecule has 2 atom stereocenters. The molecule has 3 aliphatic rings. The summed E-state index contributed by atoms with van der Waals surface area (Å²) < 4.78 is 27.9. The van der Waals surface area contributed by atoms with Gasteiger partial charge in [0.1, 0.15) is 11.6 Å². The molecule has 140 valence electrons. The second-order valence-corrected chi connectivity index (χ2v) is 8.62.